The number of tetrazole rings is 1. The van der Waals surface area contributed by atoms with E-state index in [0.29, 0.717) is 0 Å². The molecule has 1 fully saturated rings. The number of rotatable bonds is 3. The predicted molar refractivity (Wildman–Crippen MR) is 52.7 cm³/mol. The summed E-state index contributed by atoms with van der Waals surface area (Å²) in [6, 6.07) is 0.719. The molecule has 2 N–H and O–H groups in total. The molecule has 0 atom stereocenters. The van der Waals surface area contributed by atoms with Crippen molar-refractivity contribution in [3.63, 3.8) is 0 Å². The van der Waals surface area contributed by atoms with Crippen LogP contribution in [0.4, 0.5) is 0 Å². The molecule has 0 aliphatic heterocycles. The Hall–Kier alpha value is -0.970. The zero-order valence-corrected chi connectivity index (χ0v) is 8.53. The van der Waals surface area contributed by atoms with Crippen molar-refractivity contribution < 1.29 is 0 Å². The largest absolute Gasteiger partial charge is 0.317 e. The van der Waals surface area contributed by atoms with Crippen LogP contribution in [0.5, 0.6) is 0 Å². The van der Waals surface area contributed by atoms with Gasteiger partial charge in [0.2, 0.25) is 0 Å². The van der Waals surface area contributed by atoms with E-state index in [1.165, 1.54) is 25.7 Å². The average molecular weight is 195 g/mol. The Morgan fingerprint density at radius 1 is 1.36 bits per heavy atom. The van der Waals surface area contributed by atoms with Crippen LogP contribution in [0.3, 0.4) is 0 Å². The zero-order valence-electron chi connectivity index (χ0n) is 8.53. The molecule has 0 spiro atoms. The van der Waals surface area contributed by atoms with Crippen molar-refractivity contribution >= 4 is 0 Å². The van der Waals surface area contributed by atoms with E-state index in [1.807, 2.05) is 7.05 Å². The molecule has 1 aromatic heterocycles. The number of aromatic amines is 1. The smallest absolute Gasteiger partial charge is 0.174 e. The van der Waals surface area contributed by atoms with Crippen LogP contribution in [0.25, 0.3) is 0 Å². The van der Waals surface area contributed by atoms with Gasteiger partial charge in [0.05, 0.1) is 0 Å². The maximum Gasteiger partial charge on any atom is 0.174 e. The molecule has 0 unspecified atom stereocenters. The molecule has 0 saturated heterocycles. The van der Waals surface area contributed by atoms with Crippen molar-refractivity contribution in [3.05, 3.63) is 5.82 Å². The van der Waals surface area contributed by atoms with Gasteiger partial charge in [0.1, 0.15) is 0 Å². The van der Waals surface area contributed by atoms with E-state index in [-0.39, 0.29) is 0 Å². The van der Waals surface area contributed by atoms with Crippen molar-refractivity contribution in [2.45, 2.75) is 38.1 Å². The Labute approximate surface area is 83.7 Å². The highest BCUT2D eigenvalue weighted by Gasteiger charge is 2.21. The van der Waals surface area contributed by atoms with Crippen molar-refractivity contribution in [2.75, 3.05) is 7.05 Å². The molecule has 1 saturated carbocycles. The predicted octanol–water partition coefficient (Wildman–Crippen LogP) is 0.520. The normalized spacial score (nSPS) is 27.8. The van der Waals surface area contributed by atoms with E-state index in [0.717, 1.165) is 24.2 Å². The van der Waals surface area contributed by atoms with E-state index in [4.69, 9.17) is 0 Å². The SMILES string of the molecule is CNC1CCC(Cc2nn[nH]n2)CC1. The second kappa shape index (κ2) is 4.50. The Balaban J connectivity index is 1.79. The Morgan fingerprint density at radius 2 is 2.14 bits per heavy atom. The quantitative estimate of drug-likeness (QED) is 0.738. The third-order valence-corrected chi connectivity index (χ3v) is 3.12. The molecular formula is C9H17N5. The van der Waals surface area contributed by atoms with Gasteiger partial charge in [-0.15, -0.1) is 10.2 Å². The minimum Gasteiger partial charge on any atom is -0.317 e. The first-order valence-electron chi connectivity index (χ1n) is 5.28. The summed E-state index contributed by atoms with van der Waals surface area (Å²) in [6.07, 6.45) is 6.09. The summed E-state index contributed by atoms with van der Waals surface area (Å²) in [7, 11) is 2.05. The first-order valence-corrected chi connectivity index (χ1v) is 5.28. The Morgan fingerprint density at radius 3 is 2.71 bits per heavy atom. The summed E-state index contributed by atoms with van der Waals surface area (Å²) < 4.78 is 0. The second-order valence-corrected chi connectivity index (χ2v) is 4.04. The number of H-pyrrole nitrogens is 1. The van der Waals surface area contributed by atoms with Crippen LogP contribution < -0.4 is 5.32 Å². The van der Waals surface area contributed by atoms with Gasteiger partial charge in [-0.2, -0.15) is 5.21 Å². The third-order valence-electron chi connectivity index (χ3n) is 3.12. The van der Waals surface area contributed by atoms with Gasteiger partial charge in [0, 0.05) is 12.5 Å². The van der Waals surface area contributed by atoms with Crippen LogP contribution in [-0.2, 0) is 6.42 Å². The van der Waals surface area contributed by atoms with Gasteiger partial charge in [0.25, 0.3) is 0 Å². The number of nitrogens with zero attached hydrogens (tertiary/aromatic N) is 3. The number of hydrogen-bond acceptors (Lipinski definition) is 4. The molecule has 1 aliphatic carbocycles. The molecule has 14 heavy (non-hydrogen) atoms. The molecule has 0 radical (unpaired) electrons. The Bertz CT molecular complexity index is 250. The van der Waals surface area contributed by atoms with Crippen molar-refractivity contribution in [2.24, 2.45) is 5.92 Å². The van der Waals surface area contributed by atoms with Gasteiger partial charge in [0.15, 0.2) is 5.82 Å². The van der Waals surface area contributed by atoms with Crippen LogP contribution in [0.1, 0.15) is 31.5 Å². The molecule has 5 heteroatoms. The maximum atomic E-state index is 3.99. The average Bonchev–Trinajstić information content (AvgIpc) is 2.72. The highest BCUT2D eigenvalue weighted by molar-refractivity contribution is 4.84. The van der Waals surface area contributed by atoms with Crippen LogP contribution in [0, 0.1) is 5.92 Å². The molecule has 78 valence electrons. The Kier molecular flexibility index (Phi) is 3.08. The molecule has 2 rings (SSSR count). The van der Waals surface area contributed by atoms with Gasteiger partial charge in [-0.1, -0.05) is 5.21 Å². The summed E-state index contributed by atoms with van der Waals surface area (Å²) >= 11 is 0. The minimum absolute atomic E-state index is 0.719. The zero-order chi connectivity index (χ0) is 9.80. The minimum atomic E-state index is 0.719. The first-order chi connectivity index (χ1) is 6.88. The molecular weight excluding hydrogens is 178 g/mol. The van der Waals surface area contributed by atoms with Gasteiger partial charge in [-0.3, -0.25) is 0 Å². The molecule has 5 nitrogen and oxygen atoms in total. The molecule has 1 heterocycles. The van der Waals surface area contributed by atoms with Crippen LogP contribution in [-0.4, -0.2) is 33.7 Å². The molecule has 0 aromatic carbocycles. The molecule has 0 amide bonds. The van der Waals surface area contributed by atoms with Crippen LogP contribution in [0.2, 0.25) is 0 Å². The summed E-state index contributed by atoms with van der Waals surface area (Å²) in [5, 5.41) is 17.4. The van der Waals surface area contributed by atoms with E-state index < -0.39 is 0 Å². The van der Waals surface area contributed by atoms with Crippen molar-refractivity contribution in [1.82, 2.24) is 25.9 Å². The number of nitrogens with one attached hydrogen (secondary N) is 2. The van der Waals surface area contributed by atoms with E-state index in [2.05, 4.69) is 25.9 Å². The van der Waals surface area contributed by atoms with E-state index in [1.54, 1.807) is 0 Å². The van der Waals surface area contributed by atoms with Crippen molar-refractivity contribution in [3.8, 4) is 0 Å². The standard InChI is InChI=1S/C9H17N5/c1-10-8-4-2-7(3-5-8)6-9-11-13-14-12-9/h7-8,10H,2-6H2,1H3,(H,11,12,13,14). The van der Waals surface area contributed by atoms with Gasteiger partial charge >= 0.3 is 0 Å². The number of hydrogen-bond donors (Lipinski definition) is 2. The van der Waals surface area contributed by atoms with E-state index in [9.17, 15) is 0 Å². The molecule has 1 aliphatic rings. The molecule has 1 aromatic rings. The van der Waals surface area contributed by atoms with Crippen molar-refractivity contribution in [1.29, 1.82) is 0 Å². The maximum absolute atomic E-state index is 3.99. The van der Waals surface area contributed by atoms with Crippen LogP contribution >= 0.6 is 0 Å². The fourth-order valence-electron chi connectivity index (χ4n) is 2.18. The summed E-state index contributed by atoms with van der Waals surface area (Å²) in [4.78, 5) is 0. The lowest BCUT2D eigenvalue weighted by Crippen LogP contribution is -2.30. The lowest BCUT2D eigenvalue weighted by Gasteiger charge is -2.27. The topological polar surface area (TPSA) is 66.5 Å². The highest BCUT2D eigenvalue weighted by atomic mass is 15.5. The van der Waals surface area contributed by atoms with E-state index >= 15 is 0 Å². The monoisotopic (exact) mass is 195 g/mol. The lowest BCUT2D eigenvalue weighted by molar-refractivity contribution is 0.297. The van der Waals surface area contributed by atoms with Gasteiger partial charge < -0.3 is 5.32 Å². The second-order valence-electron chi connectivity index (χ2n) is 4.04. The summed E-state index contributed by atoms with van der Waals surface area (Å²) in [6.45, 7) is 0. The fraction of sp³-hybridized carbons (Fsp3) is 0.889. The van der Waals surface area contributed by atoms with Crippen LogP contribution in [0.15, 0.2) is 0 Å². The highest BCUT2D eigenvalue weighted by Crippen LogP contribution is 2.25. The fourth-order valence-corrected chi connectivity index (χ4v) is 2.18. The molecule has 0 bridgehead atoms. The van der Waals surface area contributed by atoms with Gasteiger partial charge in [-0.05, 0) is 38.6 Å². The summed E-state index contributed by atoms with van der Waals surface area (Å²) in [5.41, 5.74) is 0. The lowest BCUT2D eigenvalue weighted by atomic mass is 9.84. The third kappa shape index (κ3) is 2.29. The summed E-state index contributed by atoms with van der Waals surface area (Å²) in [5.74, 6) is 1.61. The number of aromatic nitrogens is 4. The van der Waals surface area contributed by atoms with Gasteiger partial charge in [-0.25, -0.2) is 0 Å². The first kappa shape index (κ1) is 9.58.